The second-order valence-electron chi connectivity index (χ2n) is 9.32. The van der Waals surface area contributed by atoms with Gasteiger partial charge in [-0.1, -0.05) is 13.3 Å². The minimum atomic E-state index is -4.44. The first-order valence-corrected chi connectivity index (χ1v) is 12.8. The van der Waals surface area contributed by atoms with Crippen LogP contribution in [0, 0.1) is 5.82 Å². The zero-order valence-corrected chi connectivity index (χ0v) is 21.5. The molecule has 0 saturated carbocycles. The first-order chi connectivity index (χ1) is 18.6. The lowest BCUT2D eigenvalue weighted by molar-refractivity contribution is -0.138. The third-order valence-corrected chi connectivity index (χ3v) is 6.32. The van der Waals surface area contributed by atoms with E-state index in [1.165, 1.54) is 22.9 Å². The van der Waals surface area contributed by atoms with E-state index in [0.717, 1.165) is 66.8 Å². The Hall–Kier alpha value is -4.02. The average molecular weight is 544 g/mol. The summed E-state index contributed by atoms with van der Waals surface area (Å²) in [7, 11) is 0. The third kappa shape index (κ3) is 7.30. The molecule has 3 heterocycles. The van der Waals surface area contributed by atoms with Crippen molar-refractivity contribution >= 4 is 5.97 Å². The van der Waals surface area contributed by atoms with Gasteiger partial charge in [-0.05, 0) is 79.6 Å². The van der Waals surface area contributed by atoms with Gasteiger partial charge in [0.25, 0.3) is 0 Å². The summed E-state index contributed by atoms with van der Waals surface area (Å²) >= 11 is 0. The van der Waals surface area contributed by atoms with E-state index in [9.17, 15) is 22.4 Å². The van der Waals surface area contributed by atoms with Gasteiger partial charge in [-0.2, -0.15) is 23.4 Å². The molecule has 0 aliphatic heterocycles. The quantitative estimate of drug-likeness (QED) is 0.168. The van der Waals surface area contributed by atoms with E-state index >= 15 is 0 Å². The van der Waals surface area contributed by atoms with Gasteiger partial charge in [0.1, 0.15) is 5.82 Å². The van der Waals surface area contributed by atoms with Crippen LogP contribution >= 0.6 is 0 Å². The molecular weight excluding hydrogens is 514 g/mol. The van der Waals surface area contributed by atoms with E-state index < -0.39 is 17.7 Å². The normalized spacial score (nSPS) is 11.7. The fraction of sp³-hybridized carbons (Fsp3) is 0.357. The number of carboxylic acids is 1. The highest BCUT2D eigenvalue weighted by Crippen LogP contribution is 2.29. The molecule has 0 spiro atoms. The van der Waals surface area contributed by atoms with Crippen LogP contribution in [0.3, 0.4) is 0 Å². The summed E-state index contributed by atoms with van der Waals surface area (Å²) < 4.78 is 55.3. The van der Waals surface area contributed by atoms with Crippen LogP contribution in [0.5, 0.6) is 0 Å². The van der Waals surface area contributed by atoms with Crippen molar-refractivity contribution in [3.8, 4) is 17.1 Å². The Bertz CT molecular complexity index is 1390. The van der Waals surface area contributed by atoms with E-state index in [-0.39, 0.29) is 12.2 Å². The number of halogens is 4. The zero-order valence-electron chi connectivity index (χ0n) is 21.5. The van der Waals surface area contributed by atoms with Crippen LogP contribution in [0.1, 0.15) is 55.0 Å². The Morgan fingerprint density at radius 1 is 0.949 bits per heavy atom. The molecule has 7 nitrogen and oxygen atoms in total. The molecule has 0 amide bonds. The Labute approximate surface area is 223 Å². The first kappa shape index (κ1) is 28.0. The fourth-order valence-electron chi connectivity index (χ4n) is 4.35. The topological polar surface area (TPSA) is 85.8 Å². The number of hydrogen-bond donors (Lipinski definition) is 1. The molecule has 4 rings (SSSR count). The van der Waals surface area contributed by atoms with Crippen LogP contribution in [-0.2, 0) is 36.8 Å². The third-order valence-electron chi connectivity index (χ3n) is 6.32. The second-order valence-corrected chi connectivity index (χ2v) is 9.32. The molecule has 0 fully saturated rings. The lowest BCUT2D eigenvalue weighted by atomic mass is 10.0. The Morgan fingerprint density at radius 2 is 1.72 bits per heavy atom. The average Bonchev–Trinajstić information content (AvgIpc) is 3.50. The predicted octanol–water partition coefficient (Wildman–Crippen LogP) is 6.28. The minimum absolute atomic E-state index is 0.0299. The van der Waals surface area contributed by atoms with E-state index in [2.05, 4.69) is 15.2 Å². The van der Waals surface area contributed by atoms with Crippen molar-refractivity contribution in [1.29, 1.82) is 0 Å². The van der Waals surface area contributed by atoms with Gasteiger partial charge in [-0.15, -0.1) is 0 Å². The van der Waals surface area contributed by atoms with Crippen LogP contribution in [0.15, 0.2) is 55.0 Å². The summed E-state index contributed by atoms with van der Waals surface area (Å²) in [4.78, 5) is 15.0. The summed E-state index contributed by atoms with van der Waals surface area (Å²) in [5.74, 6) is -0.932. The smallest absolute Gasteiger partial charge is 0.417 e. The number of rotatable bonds is 12. The van der Waals surface area contributed by atoms with Crippen LogP contribution in [0.4, 0.5) is 17.6 Å². The lowest BCUT2D eigenvalue weighted by Crippen LogP contribution is -2.07. The van der Waals surface area contributed by atoms with Gasteiger partial charge < -0.3 is 5.11 Å². The van der Waals surface area contributed by atoms with Crippen molar-refractivity contribution in [1.82, 2.24) is 24.5 Å². The van der Waals surface area contributed by atoms with Gasteiger partial charge in [-0.25, -0.2) is 14.1 Å². The van der Waals surface area contributed by atoms with Gasteiger partial charge in [-0.3, -0.25) is 9.48 Å². The predicted molar refractivity (Wildman–Crippen MR) is 137 cm³/mol. The molecule has 0 aliphatic rings. The molecular formula is C28H29F4N5O2. The van der Waals surface area contributed by atoms with Gasteiger partial charge >= 0.3 is 12.1 Å². The standard InChI is InChI=1S/C28H29F4N5O2/c1-2-5-24-20(18-37(34-24)25-13-10-22(16-33-25)28(30,31)32)6-3-4-15-36-17-21(9-14-26(38)39)27(35-36)19-7-11-23(29)12-8-19/h7-8,10-13,16-18H,2-6,9,14-15H2,1H3,(H,38,39). The number of alkyl halides is 3. The highest BCUT2D eigenvalue weighted by molar-refractivity contribution is 5.68. The van der Waals surface area contributed by atoms with Gasteiger partial charge in [0.05, 0.1) is 17.0 Å². The number of hydrogen-bond acceptors (Lipinski definition) is 4. The number of pyridine rings is 1. The molecule has 0 unspecified atom stereocenters. The molecule has 0 saturated heterocycles. The Balaban J connectivity index is 1.42. The molecule has 206 valence electrons. The number of nitrogens with zero attached hydrogens (tertiary/aromatic N) is 5. The lowest BCUT2D eigenvalue weighted by Gasteiger charge is -2.06. The number of aromatic nitrogens is 5. The Morgan fingerprint density at radius 3 is 2.36 bits per heavy atom. The number of unbranched alkanes of at least 4 members (excludes halogenated alkanes) is 1. The molecule has 39 heavy (non-hydrogen) atoms. The van der Waals surface area contributed by atoms with Crippen LogP contribution in [0.2, 0.25) is 0 Å². The molecule has 11 heteroatoms. The van der Waals surface area contributed by atoms with E-state index in [4.69, 9.17) is 5.11 Å². The fourth-order valence-corrected chi connectivity index (χ4v) is 4.35. The molecule has 0 bridgehead atoms. The molecule has 0 aliphatic carbocycles. The molecule has 1 aromatic carbocycles. The summed E-state index contributed by atoms with van der Waals surface area (Å²) in [6, 6.07) is 8.27. The monoisotopic (exact) mass is 543 g/mol. The molecule has 0 atom stereocenters. The van der Waals surface area contributed by atoms with Crippen molar-refractivity contribution < 1.29 is 27.5 Å². The van der Waals surface area contributed by atoms with Crippen molar-refractivity contribution in [3.05, 3.63) is 83.2 Å². The van der Waals surface area contributed by atoms with Crippen molar-refractivity contribution in [3.63, 3.8) is 0 Å². The number of aryl methyl sites for hydroxylation is 4. The maximum Gasteiger partial charge on any atom is 0.417 e. The van der Waals surface area contributed by atoms with E-state index in [1.807, 2.05) is 19.3 Å². The number of carbonyl (C=O) groups is 1. The first-order valence-electron chi connectivity index (χ1n) is 12.8. The van der Waals surface area contributed by atoms with E-state index in [1.54, 1.807) is 16.8 Å². The number of aliphatic carboxylic acids is 1. The molecule has 1 N–H and O–H groups in total. The highest BCUT2D eigenvalue weighted by Gasteiger charge is 2.30. The summed E-state index contributed by atoms with van der Waals surface area (Å²) in [6.45, 7) is 2.65. The highest BCUT2D eigenvalue weighted by atomic mass is 19.4. The van der Waals surface area contributed by atoms with Gasteiger partial charge in [0.15, 0.2) is 5.82 Å². The summed E-state index contributed by atoms with van der Waals surface area (Å²) in [5.41, 5.74) is 3.27. The van der Waals surface area contributed by atoms with Crippen LogP contribution < -0.4 is 0 Å². The maximum atomic E-state index is 13.4. The number of benzene rings is 1. The SMILES string of the molecule is CCCc1nn(-c2ccc(C(F)(F)F)cn2)cc1CCCCn1cc(CCC(=O)O)c(-c2ccc(F)cc2)n1. The Kier molecular flexibility index (Phi) is 8.78. The molecule has 4 aromatic rings. The minimum Gasteiger partial charge on any atom is -0.481 e. The van der Waals surface area contributed by atoms with E-state index in [0.29, 0.717) is 24.5 Å². The molecule has 0 radical (unpaired) electrons. The van der Waals surface area contributed by atoms with Crippen molar-refractivity contribution in [2.45, 2.75) is 64.6 Å². The van der Waals surface area contributed by atoms with Crippen molar-refractivity contribution in [2.24, 2.45) is 0 Å². The summed E-state index contributed by atoms with van der Waals surface area (Å²) in [5, 5.41) is 18.3. The van der Waals surface area contributed by atoms with Crippen LogP contribution in [-0.4, -0.2) is 35.6 Å². The largest absolute Gasteiger partial charge is 0.481 e. The van der Waals surface area contributed by atoms with Gasteiger partial charge in [0.2, 0.25) is 0 Å². The number of carboxylic acid groups (broad SMARTS) is 1. The van der Waals surface area contributed by atoms with Crippen molar-refractivity contribution in [2.75, 3.05) is 0 Å². The van der Waals surface area contributed by atoms with Crippen LogP contribution in [0.25, 0.3) is 17.1 Å². The summed E-state index contributed by atoms with van der Waals surface area (Å²) in [6.07, 6.45) is 4.29. The second kappa shape index (κ2) is 12.2. The maximum absolute atomic E-state index is 13.4. The van der Waals surface area contributed by atoms with Gasteiger partial charge in [0, 0.05) is 37.1 Å². The molecule has 3 aromatic heterocycles. The zero-order chi connectivity index (χ0) is 28.0.